The number of hydrogen-bond acceptors (Lipinski definition) is 7. The third-order valence-electron chi connectivity index (χ3n) is 3.12. The minimum Gasteiger partial charge on any atom is -0.377 e. The minimum absolute atomic E-state index is 0.252. The lowest BCUT2D eigenvalue weighted by atomic mass is 10.1. The molecule has 0 aliphatic carbocycles. The van der Waals surface area contributed by atoms with Crippen LogP contribution in [-0.4, -0.2) is 84.0 Å². The number of carbonyl (C=O) groups is 1. The average Bonchev–Trinajstić information content (AvgIpc) is 2.59. The second-order valence-corrected chi connectivity index (χ2v) is 6.74. The molecule has 0 unspecified atom stereocenters. The summed E-state index contributed by atoms with van der Waals surface area (Å²) in [7, 11) is -4.17. The van der Waals surface area contributed by atoms with Crippen molar-refractivity contribution in [3.05, 3.63) is 0 Å². The van der Waals surface area contributed by atoms with E-state index in [1.165, 1.54) is 0 Å². The molecule has 0 aromatic heterocycles. The van der Waals surface area contributed by atoms with Crippen LogP contribution in [0.1, 0.15) is 13.3 Å². The van der Waals surface area contributed by atoms with Gasteiger partial charge in [0.15, 0.2) is 0 Å². The van der Waals surface area contributed by atoms with Crippen molar-refractivity contribution in [1.29, 1.82) is 0 Å². The SMILES string of the molecule is C#CCOCCOCCOCCOCCNC(=O)[C@@H](CC)CS(=O)(=O)O. The van der Waals surface area contributed by atoms with Crippen molar-refractivity contribution in [2.45, 2.75) is 13.3 Å². The van der Waals surface area contributed by atoms with E-state index in [1.54, 1.807) is 6.92 Å². The van der Waals surface area contributed by atoms with Crippen molar-refractivity contribution in [2.75, 3.05) is 65.2 Å². The maximum atomic E-state index is 11.8. The van der Waals surface area contributed by atoms with E-state index in [4.69, 9.17) is 29.9 Å². The van der Waals surface area contributed by atoms with Crippen LogP contribution in [0.25, 0.3) is 0 Å². The van der Waals surface area contributed by atoms with E-state index < -0.39 is 27.7 Å². The Morgan fingerprint density at radius 2 is 1.54 bits per heavy atom. The monoisotopic (exact) mass is 395 g/mol. The molecule has 9 nitrogen and oxygen atoms in total. The largest absolute Gasteiger partial charge is 0.377 e. The van der Waals surface area contributed by atoms with Crippen LogP contribution in [0.2, 0.25) is 0 Å². The summed E-state index contributed by atoms with van der Waals surface area (Å²) in [6.45, 7) is 5.02. The molecule has 0 saturated carbocycles. The van der Waals surface area contributed by atoms with E-state index in [0.29, 0.717) is 46.1 Å². The van der Waals surface area contributed by atoms with Gasteiger partial charge in [0.25, 0.3) is 10.1 Å². The van der Waals surface area contributed by atoms with Gasteiger partial charge in [0.2, 0.25) is 5.91 Å². The molecule has 0 radical (unpaired) electrons. The molecule has 0 aliphatic rings. The summed E-state index contributed by atoms with van der Waals surface area (Å²) in [5.74, 6) is 0.580. The van der Waals surface area contributed by atoms with Crippen LogP contribution in [0.3, 0.4) is 0 Å². The predicted octanol–water partition coefficient (Wildman–Crippen LogP) is -0.284. The van der Waals surface area contributed by atoms with Gasteiger partial charge < -0.3 is 24.3 Å². The lowest BCUT2D eigenvalue weighted by Crippen LogP contribution is -2.36. The Labute approximate surface area is 155 Å². The smallest absolute Gasteiger partial charge is 0.265 e. The predicted molar refractivity (Wildman–Crippen MR) is 95.3 cm³/mol. The standard InChI is InChI=1S/C16H29NO8S/c1-3-6-22-8-10-24-12-13-25-11-9-23-7-5-17-16(18)15(4-2)14-26(19,20)21/h1,15H,4-14H2,2H3,(H,17,18)(H,19,20,21)/t15-/m0/s1. The van der Waals surface area contributed by atoms with Gasteiger partial charge in [-0.25, -0.2) is 0 Å². The van der Waals surface area contributed by atoms with Crippen molar-refractivity contribution in [2.24, 2.45) is 5.92 Å². The van der Waals surface area contributed by atoms with Crippen LogP contribution < -0.4 is 5.32 Å². The minimum atomic E-state index is -4.17. The molecular formula is C16H29NO8S. The van der Waals surface area contributed by atoms with Crippen LogP contribution in [0.4, 0.5) is 0 Å². The Morgan fingerprint density at radius 1 is 1.04 bits per heavy atom. The zero-order valence-electron chi connectivity index (χ0n) is 15.1. The van der Waals surface area contributed by atoms with E-state index >= 15 is 0 Å². The molecule has 26 heavy (non-hydrogen) atoms. The number of terminal acetylenes is 1. The number of rotatable bonds is 17. The van der Waals surface area contributed by atoms with E-state index in [0.717, 1.165) is 0 Å². The van der Waals surface area contributed by atoms with Gasteiger partial charge in [-0.2, -0.15) is 8.42 Å². The highest BCUT2D eigenvalue weighted by Gasteiger charge is 2.22. The number of hydrogen-bond donors (Lipinski definition) is 2. The van der Waals surface area contributed by atoms with Crippen molar-refractivity contribution >= 4 is 16.0 Å². The maximum Gasteiger partial charge on any atom is 0.265 e. The third kappa shape index (κ3) is 16.3. The molecular weight excluding hydrogens is 366 g/mol. The summed E-state index contributed by atoms with van der Waals surface area (Å²) in [5.41, 5.74) is 0. The van der Waals surface area contributed by atoms with E-state index in [1.807, 2.05) is 0 Å². The second-order valence-electron chi connectivity index (χ2n) is 5.24. The summed E-state index contributed by atoms with van der Waals surface area (Å²) in [6, 6.07) is 0. The van der Waals surface area contributed by atoms with E-state index in [2.05, 4.69) is 11.2 Å². The summed E-state index contributed by atoms with van der Waals surface area (Å²) in [6.07, 6.45) is 5.34. The molecule has 0 aromatic carbocycles. The van der Waals surface area contributed by atoms with Crippen molar-refractivity contribution in [3.8, 4) is 12.3 Å². The molecule has 0 aromatic rings. The van der Waals surface area contributed by atoms with Crippen molar-refractivity contribution in [1.82, 2.24) is 5.32 Å². The number of nitrogens with one attached hydrogen (secondary N) is 1. The lowest BCUT2D eigenvalue weighted by molar-refractivity contribution is -0.124. The highest BCUT2D eigenvalue weighted by Crippen LogP contribution is 2.05. The molecule has 0 aliphatic heterocycles. The van der Waals surface area contributed by atoms with Gasteiger partial charge in [-0.1, -0.05) is 12.8 Å². The molecule has 0 rings (SSSR count). The summed E-state index contributed by atoms with van der Waals surface area (Å²) < 4.78 is 51.3. The van der Waals surface area contributed by atoms with Gasteiger partial charge >= 0.3 is 0 Å². The number of amides is 1. The first kappa shape index (κ1) is 24.8. The third-order valence-corrected chi connectivity index (χ3v) is 3.95. The van der Waals surface area contributed by atoms with Crippen LogP contribution in [-0.2, 0) is 33.9 Å². The molecule has 152 valence electrons. The molecule has 0 saturated heterocycles. The molecule has 0 heterocycles. The average molecular weight is 395 g/mol. The fourth-order valence-corrected chi connectivity index (χ4v) is 2.71. The number of carbonyl (C=O) groups excluding carboxylic acids is 1. The lowest BCUT2D eigenvalue weighted by Gasteiger charge is -2.13. The molecule has 2 N–H and O–H groups in total. The Hall–Kier alpha value is -1.22. The normalized spacial score (nSPS) is 12.5. The van der Waals surface area contributed by atoms with Crippen LogP contribution in [0, 0.1) is 18.3 Å². The molecule has 10 heteroatoms. The topological polar surface area (TPSA) is 120 Å². The summed E-state index contributed by atoms with van der Waals surface area (Å²) in [4.78, 5) is 11.8. The zero-order chi connectivity index (χ0) is 19.7. The van der Waals surface area contributed by atoms with Crippen molar-refractivity contribution in [3.63, 3.8) is 0 Å². The first-order valence-corrected chi connectivity index (χ1v) is 9.99. The van der Waals surface area contributed by atoms with Crippen LogP contribution in [0.5, 0.6) is 0 Å². The Balaban J connectivity index is 3.45. The van der Waals surface area contributed by atoms with Crippen LogP contribution >= 0.6 is 0 Å². The van der Waals surface area contributed by atoms with Gasteiger partial charge in [-0.15, -0.1) is 6.42 Å². The fourth-order valence-electron chi connectivity index (χ4n) is 1.81. The first-order valence-electron chi connectivity index (χ1n) is 8.38. The maximum absolute atomic E-state index is 11.8. The molecule has 0 fully saturated rings. The van der Waals surface area contributed by atoms with E-state index in [9.17, 15) is 13.2 Å². The second kappa shape index (κ2) is 16.0. The van der Waals surface area contributed by atoms with E-state index in [-0.39, 0.29) is 19.8 Å². The quantitative estimate of drug-likeness (QED) is 0.196. The van der Waals surface area contributed by atoms with Gasteiger partial charge in [0, 0.05) is 6.54 Å². The highest BCUT2D eigenvalue weighted by molar-refractivity contribution is 7.85. The Morgan fingerprint density at radius 3 is 2.00 bits per heavy atom. The molecule has 1 atom stereocenters. The Bertz CT molecular complexity index is 503. The van der Waals surface area contributed by atoms with Gasteiger partial charge in [-0.05, 0) is 6.42 Å². The molecule has 0 spiro atoms. The highest BCUT2D eigenvalue weighted by atomic mass is 32.2. The fraction of sp³-hybridized carbons (Fsp3) is 0.812. The van der Waals surface area contributed by atoms with Gasteiger partial charge in [0.05, 0.1) is 57.9 Å². The van der Waals surface area contributed by atoms with Crippen molar-refractivity contribution < 1.29 is 36.7 Å². The Kier molecular flexibility index (Phi) is 15.2. The zero-order valence-corrected chi connectivity index (χ0v) is 16.0. The number of ether oxygens (including phenoxy) is 4. The summed E-state index contributed by atoms with van der Waals surface area (Å²) in [5, 5.41) is 2.57. The molecule has 1 amide bonds. The summed E-state index contributed by atoms with van der Waals surface area (Å²) >= 11 is 0. The first-order chi connectivity index (χ1) is 12.4. The molecule has 0 bridgehead atoms. The van der Waals surface area contributed by atoms with Gasteiger partial charge in [0.1, 0.15) is 6.61 Å². The van der Waals surface area contributed by atoms with Crippen LogP contribution in [0.15, 0.2) is 0 Å². The van der Waals surface area contributed by atoms with Gasteiger partial charge in [-0.3, -0.25) is 9.35 Å².